The number of ether oxygens (including phenoxy) is 2. The van der Waals surface area contributed by atoms with Crippen LogP contribution in [0.5, 0.6) is 17.2 Å². The summed E-state index contributed by atoms with van der Waals surface area (Å²) in [5.74, 6) is 3.19. The number of allylic oxidation sites excluding steroid dienone is 4. The van der Waals surface area contributed by atoms with Crippen LogP contribution in [0.25, 0.3) is 11.1 Å². The van der Waals surface area contributed by atoms with Crippen molar-refractivity contribution in [1.82, 2.24) is 4.98 Å². The van der Waals surface area contributed by atoms with E-state index in [4.69, 9.17) is 14.5 Å². The number of hydrogen-bond donors (Lipinski definition) is 0. The van der Waals surface area contributed by atoms with Crippen molar-refractivity contribution in [2.75, 3.05) is 7.05 Å². The normalized spacial score (nSPS) is 17.4. The van der Waals surface area contributed by atoms with Gasteiger partial charge in [-0.25, -0.2) is 0 Å². The van der Waals surface area contributed by atoms with Gasteiger partial charge in [0.1, 0.15) is 23.0 Å². The van der Waals surface area contributed by atoms with Crippen LogP contribution in [0.3, 0.4) is 0 Å². The largest absolute Gasteiger partial charge is 0.456 e. The minimum Gasteiger partial charge on any atom is -0.456 e. The van der Waals surface area contributed by atoms with Crippen LogP contribution in [0.15, 0.2) is 95.3 Å². The van der Waals surface area contributed by atoms with Crippen molar-refractivity contribution < 1.29 is 9.47 Å². The second-order valence-electron chi connectivity index (χ2n) is 7.05. The predicted molar refractivity (Wildman–Crippen MR) is 120 cm³/mol. The Balaban J connectivity index is 1.87. The molecule has 0 spiro atoms. The van der Waals surface area contributed by atoms with E-state index >= 15 is 0 Å². The fourth-order valence-electron chi connectivity index (χ4n) is 3.90. The summed E-state index contributed by atoms with van der Waals surface area (Å²) in [6.45, 7) is 2.09. The summed E-state index contributed by atoms with van der Waals surface area (Å²) >= 11 is 0. The first kappa shape index (κ1) is 18.1. The van der Waals surface area contributed by atoms with Crippen molar-refractivity contribution in [2.24, 2.45) is 4.99 Å². The number of rotatable bonds is 2. The highest BCUT2D eigenvalue weighted by atomic mass is 16.5. The van der Waals surface area contributed by atoms with E-state index in [1.807, 2.05) is 60.7 Å². The van der Waals surface area contributed by atoms with E-state index < -0.39 is 0 Å². The molecular weight excluding hydrogens is 372 g/mol. The fraction of sp³-hybridized carbons (Fsp3) is 0.0769. The molecule has 0 saturated heterocycles. The Kier molecular flexibility index (Phi) is 4.52. The Labute approximate surface area is 175 Å². The standard InChI is InChI=1S/C26H20N2O2/c1-17-20(13-7-15-27-2)29-21-11-5-3-9-18(21)24(17)25-19-10-4-6-12-22(19)30-23-14-8-16-28-26(23)25/h3-16H,1-2H3/b13-7-,25-24+,27-15?. The Morgan fingerprint density at radius 2 is 1.47 bits per heavy atom. The van der Waals surface area contributed by atoms with Gasteiger partial charge < -0.3 is 9.47 Å². The molecule has 0 unspecified atom stereocenters. The van der Waals surface area contributed by atoms with Crippen LogP contribution < -0.4 is 9.47 Å². The van der Waals surface area contributed by atoms with Gasteiger partial charge in [0, 0.05) is 47.3 Å². The first-order chi connectivity index (χ1) is 14.8. The van der Waals surface area contributed by atoms with Crippen molar-refractivity contribution in [3.8, 4) is 17.2 Å². The molecule has 0 aliphatic carbocycles. The highest BCUT2D eigenvalue weighted by Crippen LogP contribution is 2.50. The molecule has 0 radical (unpaired) electrons. The number of para-hydroxylation sites is 2. The van der Waals surface area contributed by atoms with Gasteiger partial charge in [-0.1, -0.05) is 36.4 Å². The second-order valence-corrected chi connectivity index (χ2v) is 7.05. The molecule has 0 atom stereocenters. The van der Waals surface area contributed by atoms with Crippen molar-refractivity contribution in [3.63, 3.8) is 0 Å². The van der Waals surface area contributed by atoms with Crippen LogP contribution in [0.2, 0.25) is 0 Å². The third kappa shape index (κ3) is 2.94. The van der Waals surface area contributed by atoms with Gasteiger partial charge in [0.15, 0.2) is 5.75 Å². The molecule has 2 aliphatic heterocycles. The molecular formula is C26H20N2O2. The number of hydrogen-bond acceptors (Lipinski definition) is 4. The SMILES string of the molecule is CN=C/C=C\C1=C(C)C(=C2/c3ccccc3Oc3cccnc32)/c2ccccc2O1. The van der Waals surface area contributed by atoms with E-state index in [1.165, 1.54) is 0 Å². The molecule has 2 aromatic carbocycles. The first-order valence-electron chi connectivity index (χ1n) is 9.82. The van der Waals surface area contributed by atoms with Crippen LogP contribution in [0.1, 0.15) is 23.7 Å². The zero-order chi connectivity index (χ0) is 20.5. The van der Waals surface area contributed by atoms with E-state index in [0.717, 1.165) is 56.5 Å². The number of nitrogens with zero attached hydrogens (tertiary/aromatic N) is 2. The average Bonchev–Trinajstić information content (AvgIpc) is 2.78. The first-order valence-corrected chi connectivity index (χ1v) is 9.82. The van der Waals surface area contributed by atoms with Gasteiger partial charge in [-0.3, -0.25) is 9.98 Å². The van der Waals surface area contributed by atoms with Crippen molar-refractivity contribution >= 4 is 17.4 Å². The van der Waals surface area contributed by atoms with E-state index in [2.05, 4.69) is 24.0 Å². The van der Waals surface area contributed by atoms with Crippen LogP contribution in [0.4, 0.5) is 0 Å². The molecule has 3 heterocycles. The van der Waals surface area contributed by atoms with E-state index in [9.17, 15) is 0 Å². The van der Waals surface area contributed by atoms with Crippen molar-refractivity contribution in [1.29, 1.82) is 0 Å². The lowest BCUT2D eigenvalue weighted by molar-refractivity contribution is 0.433. The van der Waals surface area contributed by atoms with Gasteiger partial charge in [-0.15, -0.1) is 0 Å². The molecule has 5 rings (SSSR count). The van der Waals surface area contributed by atoms with E-state index in [0.29, 0.717) is 0 Å². The smallest absolute Gasteiger partial charge is 0.153 e. The molecule has 0 fully saturated rings. The Morgan fingerprint density at radius 1 is 0.800 bits per heavy atom. The number of pyridine rings is 1. The number of benzene rings is 2. The van der Waals surface area contributed by atoms with E-state index in [-0.39, 0.29) is 0 Å². The zero-order valence-corrected chi connectivity index (χ0v) is 16.8. The summed E-state index contributed by atoms with van der Waals surface area (Å²) in [7, 11) is 1.75. The lowest BCUT2D eigenvalue weighted by Gasteiger charge is -2.29. The minimum absolute atomic E-state index is 0.755. The molecule has 3 aromatic rings. The molecule has 1 aromatic heterocycles. The Morgan fingerprint density at radius 3 is 2.23 bits per heavy atom. The van der Waals surface area contributed by atoms with Gasteiger partial charge in [-0.2, -0.15) is 0 Å². The maximum atomic E-state index is 6.23. The molecule has 0 amide bonds. The van der Waals surface area contributed by atoms with Crippen molar-refractivity contribution in [3.05, 3.63) is 107 Å². The van der Waals surface area contributed by atoms with Gasteiger partial charge >= 0.3 is 0 Å². The lowest BCUT2D eigenvalue weighted by Crippen LogP contribution is -2.12. The fourth-order valence-corrected chi connectivity index (χ4v) is 3.90. The molecule has 0 bridgehead atoms. The summed E-state index contributed by atoms with van der Waals surface area (Å²) < 4.78 is 12.4. The van der Waals surface area contributed by atoms with E-state index in [1.54, 1.807) is 19.5 Å². The number of aliphatic imine (C=N–C) groups is 1. The van der Waals surface area contributed by atoms with Crippen LogP contribution in [0, 0.1) is 0 Å². The third-order valence-corrected chi connectivity index (χ3v) is 5.24. The number of fused-ring (bicyclic) bond motifs is 3. The molecule has 4 nitrogen and oxygen atoms in total. The summed E-state index contributed by atoms with van der Waals surface area (Å²) in [5.41, 5.74) is 6.09. The molecule has 0 saturated carbocycles. The van der Waals surface area contributed by atoms with Crippen LogP contribution in [-0.2, 0) is 0 Å². The number of aromatic nitrogens is 1. The van der Waals surface area contributed by atoms with Gasteiger partial charge in [0.05, 0.1) is 0 Å². The third-order valence-electron chi connectivity index (χ3n) is 5.24. The molecule has 4 heteroatoms. The minimum atomic E-state index is 0.755. The maximum absolute atomic E-state index is 6.23. The maximum Gasteiger partial charge on any atom is 0.153 e. The highest BCUT2D eigenvalue weighted by molar-refractivity contribution is 6.08. The monoisotopic (exact) mass is 392 g/mol. The molecule has 0 N–H and O–H groups in total. The predicted octanol–water partition coefficient (Wildman–Crippen LogP) is 6.07. The van der Waals surface area contributed by atoms with Gasteiger partial charge in [-0.05, 0) is 43.3 Å². The second kappa shape index (κ2) is 7.48. The topological polar surface area (TPSA) is 43.7 Å². The zero-order valence-electron chi connectivity index (χ0n) is 16.8. The average molecular weight is 392 g/mol. The molecule has 2 aliphatic rings. The Hall–Kier alpha value is -3.92. The summed E-state index contributed by atoms with van der Waals surface area (Å²) in [6, 6.07) is 20.1. The summed E-state index contributed by atoms with van der Waals surface area (Å²) in [5, 5.41) is 0. The lowest BCUT2D eigenvalue weighted by atomic mass is 9.84. The quantitative estimate of drug-likeness (QED) is 0.389. The molecule has 30 heavy (non-hydrogen) atoms. The van der Waals surface area contributed by atoms with Crippen molar-refractivity contribution in [2.45, 2.75) is 6.92 Å². The van der Waals surface area contributed by atoms with Gasteiger partial charge in [0.25, 0.3) is 0 Å². The van der Waals surface area contributed by atoms with Crippen LogP contribution in [-0.4, -0.2) is 18.2 Å². The van der Waals surface area contributed by atoms with Gasteiger partial charge in [0.2, 0.25) is 0 Å². The highest BCUT2D eigenvalue weighted by Gasteiger charge is 2.30. The summed E-state index contributed by atoms with van der Waals surface area (Å²) in [4.78, 5) is 8.73. The van der Waals surface area contributed by atoms with Crippen LogP contribution >= 0.6 is 0 Å². The Bertz CT molecular complexity index is 1220. The summed E-state index contributed by atoms with van der Waals surface area (Å²) in [6.07, 6.45) is 7.39. The molecule has 146 valence electrons.